The molecule has 1 aromatic rings. The number of amides is 1. The van der Waals surface area contributed by atoms with Crippen LogP contribution in [0.15, 0.2) is 12.1 Å². The average molecular weight is 364 g/mol. The highest BCUT2D eigenvalue weighted by Crippen LogP contribution is 2.33. The third-order valence-electron chi connectivity index (χ3n) is 5.40. The average Bonchev–Trinajstić information content (AvgIpc) is 2.61. The van der Waals surface area contributed by atoms with Gasteiger partial charge in [0, 0.05) is 43.7 Å². The largest absolute Gasteiger partial charge is 0.465 e. The number of hydrogen-bond donors (Lipinski definition) is 1. The number of hydrogen-bond acceptors (Lipinski definition) is 5. The van der Waals surface area contributed by atoms with Gasteiger partial charge in [-0.2, -0.15) is 0 Å². The first-order valence-electron chi connectivity index (χ1n) is 8.80. The van der Waals surface area contributed by atoms with Gasteiger partial charge in [0.15, 0.2) is 0 Å². The number of halogens is 1. The van der Waals surface area contributed by atoms with Crippen molar-refractivity contribution in [2.45, 2.75) is 31.6 Å². The second kappa shape index (κ2) is 6.51. The fraction of sp³-hybridized carbons (Fsp3) is 0.556. The van der Waals surface area contributed by atoms with Crippen LogP contribution in [0.3, 0.4) is 0 Å². The molecular weight excluding hydrogens is 343 g/mol. The van der Waals surface area contributed by atoms with Crippen LogP contribution in [0.4, 0.5) is 9.18 Å². The molecule has 1 N–H and O–H groups in total. The summed E-state index contributed by atoms with van der Waals surface area (Å²) in [6.45, 7) is 4.05. The van der Waals surface area contributed by atoms with E-state index >= 15 is 4.39 Å². The molecule has 3 heterocycles. The standard InChI is InChI=1S/C18H21FN2O5/c1-10-6-14-12(17(22)26-10)2-3-13(16(14)19)15-8-20-4-5-21(18(23)24)7-11(20)9-25-15/h2-3,10-11,15H,4-9H2,1H3,(H,23,24)/t10-,11+,15+/m1/s1. The normalized spacial score (nSPS) is 28.9. The van der Waals surface area contributed by atoms with Crippen LogP contribution >= 0.6 is 0 Å². The van der Waals surface area contributed by atoms with Crippen LogP contribution in [-0.4, -0.2) is 71.9 Å². The van der Waals surface area contributed by atoms with E-state index in [1.807, 2.05) is 0 Å². The summed E-state index contributed by atoms with van der Waals surface area (Å²) in [6, 6.07) is 3.20. The number of cyclic esters (lactones) is 1. The zero-order valence-corrected chi connectivity index (χ0v) is 14.5. The van der Waals surface area contributed by atoms with E-state index in [-0.39, 0.29) is 17.7 Å². The Morgan fingerprint density at radius 2 is 2.12 bits per heavy atom. The molecule has 0 unspecified atom stereocenters. The number of rotatable bonds is 1. The van der Waals surface area contributed by atoms with Crippen LogP contribution in [-0.2, 0) is 15.9 Å². The Balaban J connectivity index is 1.54. The molecule has 3 aliphatic rings. The molecule has 2 fully saturated rings. The summed E-state index contributed by atoms with van der Waals surface area (Å²) in [6.07, 6.45) is -1.34. The number of nitrogens with zero attached hydrogens (tertiary/aromatic N) is 2. The Bertz CT molecular complexity index is 755. The fourth-order valence-corrected chi connectivity index (χ4v) is 4.00. The highest BCUT2D eigenvalue weighted by molar-refractivity contribution is 5.92. The number of carbonyl (C=O) groups is 2. The number of benzene rings is 1. The molecule has 7 nitrogen and oxygen atoms in total. The van der Waals surface area contributed by atoms with Gasteiger partial charge in [-0.1, -0.05) is 6.07 Å². The van der Waals surface area contributed by atoms with Crippen molar-refractivity contribution in [3.05, 3.63) is 34.6 Å². The maximum absolute atomic E-state index is 15.1. The maximum atomic E-state index is 15.1. The Kier molecular flexibility index (Phi) is 4.32. The molecule has 0 bridgehead atoms. The van der Waals surface area contributed by atoms with Gasteiger partial charge in [0.05, 0.1) is 24.3 Å². The van der Waals surface area contributed by atoms with Crippen molar-refractivity contribution in [1.82, 2.24) is 9.80 Å². The number of fused-ring (bicyclic) bond motifs is 2. The third kappa shape index (κ3) is 2.93. The highest BCUT2D eigenvalue weighted by atomic mass is 19.1. The minimum atomic E-state index is -0.923. The summed E-state index contributed by atoms with van der Waals surface area (Å²) in [5.41, 5.74) is 1.13. The molecule has 3 atom stereocenters. The topological polar surface area (TPSA) is 79.3 Å². The van der Waals surface area contributed by atoms with E-state index in [1.165, 1.54) is 4.90 Å². The van der Waals surface area contributed by atoms with Crippen LogP contribution < -0.4 is 0 Å². The first kappa shape index (κ1) is 17.2. The van der Waals surface area contributed by atoms with Crippen LogP contribution in [0.5, 0.6) is 0 Å². The van der Waals surface area contributed by atoms with Crippen molar-refractivity contribution < 1.29 is 28.6 Å². The Morgan fingerprint density at radius 3 is 2.88 bits per heavy atom. The van der Waals surface area contributed by atoms with E-state index in [4.69, 9.17) is 14.6 Å². The maximum Gasteiger partial charge on any atom is 0.407 e. The minimum Gasteiger partial charge on any atom is -0.465 e. The first-order chi connectivity index (χ1) is 12.4. The van der Waals surface area contributed by atoms with Gasteiger partial charge < -0.3 is 19.5 Å². The van der Waals surface area contributed by atoms with E-state index in [2.05, 4.69) is 4.90 Å². The molecule has 3 aliphatic heterocycles. The van der Waals surface area contributed by atoms with Gasteiger partial charge in [-0.15, -0.1) is 0 Å². The van der Waals surface area contributed by atoms with E-state index in [9.17, 15) is 9.59 Å². The van der Waals surface area contributed by atoms with Crippen molar-refractivity contribution in [3.63, 3.8) is 0 Å². The molecule has 1 amide bonds. The SMILES string of the molecule is C[C@@H]1Cc2c(ccc([C@@H]3CN4CCN(C(=O)O)C[C@H]4CO3)c2F)C(=O)O1. The second-order valence-electron chi connectivity index (χ2n) is 7.11. The minimum absolute atomic E-state index is 0.00760. The zero-order chi connectivity index (χ0) is 18.4. The lowest BCUT2D eigenvalue weighted by Gasteiger charge is -2.45. The third-order valence-corrected chi connectivity index (χ3v) is 5.40. The lowest BCUT2D eigenvalue weighted by molar-refractivity contribution is -0.0877. The molecule has 0 aromatic heterocycles. The van der Waals surface area contributed by atoms with Crippen molar-refractivity contribution in [3.8, 4) is 0 Å². The van der Waals surface area contributed by atoms with Gasteiger partial charge in [-0.25, -0.2) is 14.0 Å². The van der Waals surface area contributed by atoms with Gasteiger partial charge in [-0.05, 0) is 13.0 Å². The molecule has 0 saturated carbocycles. The van der Waals surface area contributed by atoms with Gasteiger partial charge in [0.1, 0.15) is 11.9 Å². The molecule has 2 saturated heterocycles. The number of ether oxygens (including phenoxy) is 2. The van der Waals surface area contributed by atoms with Crippen molar-refractivity contribution in [2.75, 3.05) is 32.8 Å². The number of morpholine rings is 1. The number of piperazine rings is 1. The lowest BCUT2D eigenvalue weighted by atomic mass is 9.93. The Hall–Kier alpha value is -2.19. The van der Waals surface area contributed by atoms with Crippen LogP contribution in [0.1, 0.15) is 34.5 Å². The first-order valence-corrected chi connectivity index (χ1v) is 8.80. The van der Waals surface area contributed by atoms with Gasteiger partial charge in [-0.3, -0.25) is 4.90 Å². The summed E-state index contributed by atoms with van der Waals surface area (Å²) in [4.78, 5) is 26.6. The smallest absolute Gasteiger partial charge is 0.407 e. The zero-order valence-electron chi connectivity index (χ0n) is 14.5. The molecule has 8 heteroatoms. The Labute approximate surface area is 150 Å². The van der Waals surface area contributed by atoms with Crippen LogP contribution in [0.2, 0.25) is 0 Å². The van der Waals surface area contributed by atoms with Gasteiger partial charge in [0.25, 0.3) is 0 Å². The summed E-state index contributed by atoms with van der Waals surface area (Å²) in [5, 5.41) is 9.13. The van der Waals surface area contributed by atoms with E-state index < -0.39 is 24.0 Å². The molecule has 4 rings (SSSR count). The molecule has 140 valence electrons. The number of carbonyl (C=O) groups excluding carboxylic acids is 1. The van der Waals surface area contributed by atoms with Crippen molar-refractivity contribution in [2.24, 2.45) is 0 Å². The van der Waals surface area contributed by atoms with E-state index in [0.29, 0.717) is 50.3 Å². The molecule has 26 heavy (non-hydrogen) atoms. The molecule has 0 radical (unpaired) electrons. The van der Waals surface area contributed by atoms with E-state index in [1.54, 1.807) is 19.1 Å². The molecule has 0 aliphatic carbocycles. The molecule has 1 aromatic carbocycles. The Morgan fingerprint density at radius 1 is 1.31 bits per heavy atom. The molecular formula is C18H21FN2O5. The monoisotopic (exact) mass is 364 g/mol. The fourth-order valence-electron chi connectivity index (χ4n) is 4.00. The van der Waals surface area contributed by atoms with Gasteiger partial charge >= 0.3 is 12.1 Å². The summed E-state index contributed by atoms with van der Waals surface area (Å²) in [7, 11) is 0. The van der Waals surface area contributed by atoms with Gasteiger partial charge in [0.2, 0.25) is 0 Å². The predicted octanol–water partition coefficient (Wildman–Crippen LogP) is 1.66. The second-order valence-corrected chi connectivity index (χ2v) is 7.11. The van der Waals surface area contributed by atoms with Crippen LogP contribution in [0.25, 0.3) is 0 Å². The predicted molar refractivity (Wildman–Crippen MR) is 88.6 cm³/mol. The summed E-state index contributed by atoms with van der Waals surface area (Å²) < 4.78 is 26.1. The quantitative estimate of drug-likeness (QED) is 0.764. The number of carboxylic acid groups (broad SMARTS) is 1. The summed E-state index contributed by atoms with van der Waals surface area (Å²) >= 11 is 0. The lowest BCUT2D eigenvalue weighted by Crippen LogP contribution is -2.59. The van der Waals surface area contributed by atoms with Crippen LogP contribution in [0, 0.1) is 5.82 Å². The van der Waals surface area contributed by atoms with E-state index in [0.717, 1.165) is 0 Å². The van der Waals surface area contributed by atoms with Crippen molar-refractivity contribution >= 4 is 12.1 Å². The molecule has 0 spiro atoms. The number of esters is 1. The highest BCUT2D eigenvalue weighted by Gasteiger charge is 2.37. The van der Waals surface area contributed by atoms with Crippen molar-refractivity contribution in [1.29, 1.82) is 0 Å². The summed E-state index contributed by atoms with van der Waals surface area (Å²) in [5.74, 6) is -0.878.